The van der Waals surface area contributed by atoms with Crippen LogP contribution in [-0.4, -0.2) is 60.4 Å². The van der Waals surface area contributed by atoms with Crippen LogP contribution in [0.4, 0.5) is 5.69 Å². The third-order valence-electron chi connectivity index (χ3n) is 5.91. The molecule has 1 saturated heterocycles. The van der Waals surface area contributed by atoms with Gasteiger partial charge in [-0.25, -0.2) is 4.79 Å². The summed E-state index contributed by atoms with van der Waals surface area (Å²) >= 11 is 0. The maximum absolute atomic E-state index is 12.2. The summed E-state index contributed by atoms with van der Waals surface area (Å²) in [5.41, 5.74) is 2.03. The second kappa shape index (κ2) is 10.4. The molecule has 0 aliphatic carbocycles. The number of likely N-dealkylation sites (N-methyl/N-ethyl adjacent to an activating group) is 1. The van der Waals surface area contributed by atoms with Crippen molar-refractivity contribution in [2.24, 2.45) is 0 Å². The van der Waals surface area contributed by atoms with Crippen molar-refractivity contribution in [2.45, 2.75) is 51.2 Å². The lowest BCUT2D eigenvalue weighted by molar-refractivity contribution is -0.0234. The number of hydrogen-bond donors (Lipinski definition) is 1. The molecule has 1 atom stereocenters. The van der Waals surface area contributed by atoms with Crippen molar-refractivity contribution in [2.75, 3.05) is 38.1 Å². The number of carbonyl (C=O) groups is 1. The Morgan fingerprint density at radius 1 is 1.18 bits per heavy atom. The molecule has 2 aromatic rings. The van der Waals surface area contributed by atoms with Crippen molar-refractivity contribution in [1.82, 2.24) is 4.90 Å². The molecule has 0 amide bonds. The Balaban J connectivity index is 1.55. The summed E-state index contributed by atoms with van der Waals surface area (Å²) in [6, 6.07) is 17.2. The number of nitriles is 1. The zero-order valence-corrected chi connectivity index (χ0v) is 20.2. The van der Waals surface area contributed by atoms with Crippen molar-refractivity contribution in [3.05, 3.63) is 65.2 Å². The summed E-state index contributed by atoms with van der Waals surface area (Å²) in [4.78, 5) is 16.6. The number of esters is 1. The number of piperidine rings is 1. The molecule has 6 nitrogen and oxygen atoms in total. The minimum atomic E-state index is -0.790. The summed E-state index contributed by atoms with van der Waals surface area (Å²) in [6.45, 7) is 8.56. The molecule has 0 aromatic heterocycles. The zero-order valence-electron chi connectivity index (χ0n) is 20.2. The zero-order chi connectivity index (χ0) is 24.1. The molecule has 1 unspecified atom stereocenters. The van der Waals surface area contributed by atoms with E-state index in [0.717, 1.165) is 38.0 Å². The Morgan fingerprint density at radius 2 is 1.85 bits per heavy atom. The molecule has 1 N–H and O–H groups in total. The summed E-state index contributed by atoms with van der Waals surface area (Å²) in [7, 11) is 1.97. The van der Waals surface area contributed by atoms with E-state index in [9.17, 15) is 9.90 Å². The fourth-order valence-electron chi connectivity index (χ4n) is 4.28. The topological polar surface area (TPSA) is 76.8 Å². The third kappa shape index (κ3) is 7.31. The molecule has 0 saturated carbocycles. The van der Waals surface area contributed by atoms with Crippen LogP contribution >= 0.6 is 0 Å². The largest absolute Gasteiger partial charge is 0.456 e. The summed E-state index contributed by atoms with van der Waals surface area (Å²) in [5, 5.41) is 20.3. The number of carbonyl (C=O) groups excluding carboxylic acids is 1. The molecule has 0 radical (unpaired) electrons. The van der Waals surface area contributed by atoms with E-state index in [2.05, 4.69) is 11.0 Å². The van der Waals surface area contributed by atoms with E-state index in [-0.39, 0.29) is 5.97 Å². The summed E-state index contributed by atoms with van der Waals surface area (Å²) in [6.07, 6.45) is 2.61. The van der Waals surface area contributed by atoms with Crippen molar-refractivity contribution in [3.63, 3.8) is 0 Å². The number of aliphatic hydroxyl groups is 1. The van der Waals surface area contributed by atoms with E-state index in [1.165, 1.54) is 5.56 Å². The van der Waals surface area contributed by atoms with Gasteiger partial charge in [0.05, 0.1) is 22.8 Å². The van der Waals surface area contributed by atoms with E-state index < -0.39 is 11.2 Å². The van der Waals surface area contributed by atoms with E-state index in [1.54, 1.807) is 12.1 Å². The smallest absolute Gasteiger partial charge is 0.338 e. The lowest BCUT2D eigenvalue weighted by Gasteiger charge is -2.41. The van der Waals surface area contributed by atoms with Crippen LogP contribution in [0.15, 0.2) is 48.5 Å². The van der Waals surface area contributed by atoms with Crippen LogP contribution in [0.5, 0.6) is 0 Å². The standard InChI is InChI=1S/C27H35N3O3/c1-26(2,3)33-25(31)23-10-12-24(13-11-23)29(4)19-27(32)15-5-16-30(20-27)17-14-21-6-8-22(18-28)9-7-21/h6-13,32H,5,14-17,19-20H2,1-4H3. The highest BCUT2D eigenvalue weighted by atomic mass is 16.6. The molecule has 6 heteroatoms. The van der Waals surface area contributed by atoms with Gasteiger partial charge in [0.15, 0.2) is 0 Å². The molecule has 0 bridgehead atoms. The van der Waals surface area contributed by atoms with Crippen LogP contribution in [0, 0.1) is 11.3 Å². The van der Waals surface area contributed by atoms with Crippen LogP contribution < -0.4 is 4.90 Å². The van der Waals surface area contributed by atoms with Gasteiger partial charge in [-0.3, -0.25) is 0 Å². The Kier molecular flexibility index (Phi) is 7.78. The molecule has 1 aliphatic rings. The van der Waals surface area contributed by atoms with Crippen LogP contribution in [0.2, 0.25) is 0 Å². The number of benzene rings is 2. The Bertz CT molecular complexity index is 974. The minimum absolute atomic E-state index is 0.333. The predicted molar refractivity (Wildman–Crippen MR) is 130 cm³/mol. The minimum Gasteiger partial charge on any atom is -0.456 e. The quantitative estimate of drug-likeness (QED) is 0.644. The number of nitrogens with zero attached hydrogens (tertiary/aromatic N) is 3. The van der Waals surface area contributed by atoms with Gasteiger partial charge in [0.2, 0.25) is 0 Å². The number of ether oxygens (including phenoxy) is 1. The maximum Gasteiger partial charge on any atom is 0.338 e. The van der Waals surface area contributed by atoms with Crippen molar-refractivity contribution in [1.29, 1.82) is 5.26 Å². The second-order valence-electron chi connectivity index (χ2n) is 10.1. The average molecular weight is 450 g/mol. The van der Waals surface area contributed by atoms with E-state index >= 15 is 0 Å². The maximum atomic E-state index is 12.2. The number of β-amino-alcohol motifs (C(OH)–C–C–N with tert-alkyl or cyclic N) is 1. The second-order valence-corrected chi connectivity index (χ2v) is 10.1. The van der Waals surface area contributed by atoms with Crippen LogP contribution in [0.1, 0.15) is 55.1 Å². The van der Waals surface area contributed by atoms with Gasteiger partial charge >= 0.3 is 5.97 Å². The lowest BCUT2D eigenvalue weighted by atomic mass is 9.91. The Labute approximate surface area is 197 Å². The first kappa shape index (κ1) is 24.8. The monoisotopic (exact) mass is 449 g/mol. The highest BCUT2D eigenvalue weighted by Gasteiger charge is 2.34. The van der Waals surface area contributed by atoms with E-state index in [4.69, 9.17) is 10.00 Å². The normalized spacial score (nSPS) is 19.0. The van der Waals surface area contributed by atoms with E-state index in [1.807, 2.05) is 69.1 Å². The Morgan fingerprint density at radius 3 is 2.45 bits per heavy atom. The van der Waals surface area contributed by atoms with Gasteiger partial charge in [0, 0.05) is 32.4 Å². The number of hydrogen-bond acceptors (Lipinski definition) is 6. The molecule has 2 aromatic carbocycles. The number of anilines is 1. The molecule has 1 fully saturated rings. The van der Waals surface area contributed by atoms with Gasteiger partial charge in [-0.05, 0) is 88.5 Å². The number of rotatable bonds is 7. The van der Waals surface area contributed by atoms with Gasteiger partial charge in [0.25, 0.3) is 0 Å². The molecule has 0 spiro atoms. The van der Waals surface area contributed by atoms with Crippen LogP contribution in [0.3, 0.4) is 0 Å². The third-order valence-corrected chi connectivity index (χ3v) is 5.91. The molecule has 1 heterocycles. The first-order valence-corrected chi connectivity index (χ1v) is 11.6. The van der Waals surface area contributed by atoms with Crippen molar-refractivity contribution in [3.8, 4) is 6.07 Å². The first-order valence-electron chi connectivity index (χ1n) is 11.6. The van der Waals surface area contributed by atoms with Gasteiger partial charge < -0.3 is 19.6 Å². The average Bonchev–Trinajstić information content (AvgIpc) is 2.77. The molecule has 1 aliphatic heterocycles. The lowest BCUT2D eigenvalue weighted by Crippen LogP contribution is -2.54. The molecule has 33 heavy (non-hydrogen) atoms. The highest BCUT2D eigenvalue weighted by molar-refractivity contribution is 5.90. The van der Waals surface area contributed by atoms with E-state index in [0.29, 0.717) is 24.2 Å². The fourth-order valence-corrected chi connectivity index (χ4v) is 4.28. The Hall–Kier alpha value is -2.88. The highest BCUT2D eigenvalue weighted by Crippen LogP contribution is 2.25. The summed E-state index contributed by atoms with van der Waals surface area (Å²) < 4.78 is 5.43. The van der Waals surface area contributed by atoms with Crippen molar-refractivity contribution < 1.29 is 14.6 Å². The first-order chi connectivity index (χ1) is 15.6. The molecule has 3 rings (SSSR count). The van der Waals surface area contributed by atoms with Crippen LogP contribution in [-0.2, 0) is 11.2 Å². The molecular weight excluding hydrogens is 414 g/mol. The number of likely N-dealkylation sites (tertiary alicyclic amines) is 1. The predicted octanol–water partition coefficient (Wildman–Crippen LogP) is 4.02. The van der Waals surface area contributed by atoms with Gasteiger partial charge in [-0.15, -0.1) is 0 Å². The van der Waals surface area contributed by atoms with Gasteiger partial charge in [-0.2, -0.15) is 5.26 Å². The molecule has 176 valence electrons. The van der Waals surface area contributed by atoms with Gasteiger partial charge in [-0.1, -0.05) is 12.1 Å². The fraction of sp³-hybridized carbons (Fsp3) is 0.481. The van der Waals surface area contributed by atoms with Crippen LogP contribution in [0.25, 0.3) is 0 Å². The van der Waals surface area contributed by atoms with Crippen molar-refractivity contribution >= 4 is 11.7 Å². The SMILES string of the molecule is CN(CC1(O)CCCN(CCc2ccc(C#N)cc2)C1)c1ccc(C(=O)OC(C)(C)C)cc1. The van der Waals surface area contributed by atoms with Gasteiger partial charge in [0.1, 0.15) is 5.60 Å². The molecular formula is C27H35N3O3. The summed E-state index contributed by atoms with van der Waals surface area (Å²) in [5.74, 6) is -0.333.